The minimum absolute atomic E-state index is 0.0133. The molecule has 0 aromatic heterocycles. The number of halogens is 2. The molecular weight excluding hydrogens is 519 g/mol. The molecule has 7 heteroatoms. The van der Waals surface area contributed by atoms with Gasteiger partial charge >= 0.3 is 0 Å². The average molecular weight is 556 g/mol. The van der Waals surface area contributed by atoms with Crippen LogP contribution >= 0.6 is 23.2 Å². The lowest BCUT2D eigenvalue weighted by Gasteiger charge is -2.32. The number of nitrogens with zero attached hydrogens (tertiary/aromatic N) is 1. The molecular formula is C31H36Cl2N2O3. The standard InChI is InChI=1S/C31H36Cl2N2O3/c1-21(2)34-30(37)28(18-22-9-7-6-8-10-22)35(19-23-11-16-26(32)27(33)17-23)29(36)20-38-25-14-12-24(13-15-25)31(3,4)5/h6-17,21,28H,18-20H2,1-5H3,(H,34,37). The Morgan fingerprint density at radius 1 is 0.895 bits per heavy atom. The van der Waals surface area contributed by atoms with Gasteiger partial charge in [0.1, 0.15) is 11.8 Å². The van der Waals surface area contributed by atoms with Crippen molar-refractivity contribution in [1.29, 1.82) is 0 Å². The summed E-state index contributed by atoms with van der Waals surface area (Å²) >= 11 is 12.4. The summed E-state index contributed by atoms with van der Waals surface area (Å²) in [4.78, 5) is 28.7. The van der Waals surface area contributed by atoms with Crippen molar-refractivity contribution in [1.82, 2.24) is 10.2 Å². The van der Waals surface area contributed by atoms with Gasteiger partial charge in [-0.3, -0.25) is 9.59 Å². The van der Waals surface area contributed by atoms with Crippen molar-refractivity contribution in [2.24, 2.45) is 0 Å². The number of carbonyl (C=O) groups is 2. The third-order valence-electron chi connectivity index (χ3n) is 6.12. The summed E-state index contributed by atoms with van der Waals surface area (Å²) < 4.78 is 5.89. The Morgan fingerprint density at radius 3 is 2.13 bits per heavy atom. The molecule has 0 bridgehead atoms. The van der Waals surface area contributed by atoms with E-state index in [4.69, 9.17) is 27.9 Å². The van der Waals surface area contributed by atoms with Crippen molar-refractivity contribution in [3.63, 3.8) is 0 Å². The molecule has 38 heavy (non-hydrogen) atoms. The number of amides is 2. The molecule has 3 aromatic carbocycles. The highest BCUT2D eigenvalue weighted by Crippen LogP contribution is 2.26. The summed E-state index contributed by atoms with van der Waals surface area (Å²) in [5.41, 5.74) is 2.89. The summed E-state index contributed by atoms with van der Waals surface area (Å²) in [6, 6.07) is 21.8. The van der Waals surface area contributed by atoms with Gasteiger partial charge in [-0.2, -0.15) is 0 Å². The summed E-state index contributed by atoms with van der Waals surface area (Å²) in [7, 11) is 0. The number of hydrogen-bond donors (Lipinski definition) is 1. The maximum atomic E-state index is 13.7. The van der Waals surface area contributed by atoms with Gasteiger partial charge in [0.25, 0.3) is 5.91 Å². The van der Waals surface area contributed by atoms with E-state index >= 15 is 0 Å². The topological polar surface area (TPSA) is 58.6 Å². The fraction of sp³-hybridized carbons (Fsp3) is 0.355. The second-order valence-corrected chi connectivity index (χ2v) is 11.5. The van der Waals surface area contributed by atoms with Gasteiger partial charge in [0.15, 0.2) is 6.61 Å². The van der Waals surface area contributed by atoms with Crippen LogP contribution in [-0.2, 0) is 28.0 Å². The Labute approximate surface area is 236 Å². The highest BCUT2D eigenvalue weighted by molar-refractivity contribution is 6.42. The van der Waals surface area contributed by atoms with Gasteiger partial charge in [-0.05, 0) is 60.2 Å². The lowest BCUT2D eigenvalue weighted by atomic mass is 9.87. The van der Waals surface area contributed by atoms with Crippen LogP contribution in [0.2, 0.25) is 10.0 Å². The monoisotopic (exact) mass is 554 g/mol. The van der Waals surface area contributed by atoms with E-state index in [1.807, 2.05) is 68.4 Å². The number of benzene rings is 3. The van der Waals surface area contributed by atoms with Crippen molar-refractivity contribution >= 4 is 35.0 Å². The molecule has 1 unspecified atom stereocenters. The summed E-state index contributed by atoms with van der Waals surface area (Å²) in [5, 5.41) is 3.79. The molecule has 0 aliphatic carbocycles. The summed E-state index contributed by atoms with van der Waals surface area (Å²) in [6.07, 6.45) is 0.354. The number of nitrogens with one attached hydrogen (secondary N) is 1. The predicted octanol–water partition coefficient (Wildman–Crippen LogP) is 6.83. The van der Waals surface area contributed by atoms with E-state index < -0.39 is 6.04 Å². The van der Waals surface area contributed by atoms with Gasteiger partial charge in [0.2, 0.25) is 5.91 Å². The van der Waals surface area contributed by atoms with Crippen molar-refractivity contribution in [2.75, 3.05) is 6.61 Å². The van der Waals surface area contributed by atoms with E-state index in [1.165, 1.54) is 5.56 Å². The SMILES string of the molecule is CC(C)NC(=O)C(Cc1ccccc1)N(Cc1ccc(Cl)c(Cl)c1)C(=O)COc1ccc(C(C)(C)C)cc1. The zero-order chi connectivity index (χ0) is 27.9. The van der Waals surface area contributed by atoms with Gasteiger partial charge in [0, 0.05) is 19.0 Å². The molecule has 0 radical (unpaired) electrons. The Hall–Kier alpha value is -3.02. The summed E-state index contributed by atoms with van der Waals surface area (Å²) in [5.74, 6) is 0.0506. The highest BCUT2D eigenvalue weighted by atomic mass is 35.5. The fourth-order valence-electron chi connectivity index (χ4n) is 4.05. The molecule has 0 aliphatic heterocycles. The molecule has 202 valence electrons. The van der Waals surface area contributed by atoms with E-state index in [0.29, 0.717) is 22.2 Å². The molecule has 0 spiro atoms. The smallest absolute Gasteiger partial charge is 0.261 e. The zero-order valence-electron chi connectivity index (χ0n) is 22.6. The van der Waals surface area contributed by atoms with Gasteiger partial charge in [-0.15, -0.1) is 0 Å². The van der Waals surface area contributed by atoms with Crippen molar-refractivity contribution in [3.05, 3.63) is 99.5 Å². The third-order valence-corrected chi connectivity index (χ3v) is 6.86. The zero-order valence-corrected chi connectivity index (χ0v) is 24.1. The first-order valence-corrected chi connectivity index (χ1v) is 13.5. The van der Waals surface area contributed by atoms with Crippen LogP contribution in [0.5, 0.6) is 5.75 Å². The first-order chi connectivity index (χ1) is 17.9. The van der Waals surface area contributed by atoms with Gasteiger partial charge in [0.05, 0.1) is 10.0 Å². The fourth-order valence-corrected chi connectivity index (χ4v) is 4.37. The normalized spacial score (nSPS) is 12.2. The Kier molecular flexibility index (Phi) is 10.2. The number of ether oxygens (including phenoxy) is 1. The molecule has 3 aromatic rings. The van der Waals surface area contributed by atoms with Crippen LogP contribution in [0.1, 0.15) is 51.3 Å². The third kappa shape index (κ3) is 8.50. The maximum absolute atomic E-state index is 13.7. The number of rotatable bonds is 10. The maximum Gasteiger partial charge on any atom is 0.261 e. The quantitative estimate of drug-likeness (QED) is 0.298. The Morgan fingerprint density at radius 2 is 1.55 bits per heavy atom. The largest absolute Gasteiger partial charge is 0.484 e. The van der Waals surface area contributed by atoms with Crippen molar-refractivity contribution in [3.8, 4) is 5.75 Å². The highest BCUT2D eigenvalue weighted by Gasteiger charge is 2.31. The van der Waals surface area contributed by atoms with Gasteiger partial charge in [-0.1, -0.05) is 92.5 Å². The lowest BCUT2D eigenvalue weighted by molar-refractivity contribution is -0.143. The van der Waals surface area contributed by atoms with Crippen LogP contribution in [-0.4, -0.2) is 35.4 Å². The second-order valence-electron chi connectivity index (χ2n) is 10.7. The molecule has 2 amide bonds. The van der Waals surface area contributed by atoms with Crippen LogP contribution in [0.25, 0.3) is 0 Å². The molecule has 1 atom stereocenters. The number of carbonyl (C=O) groups excluding carboxylic acids is 2. The second kappa shape index (κ2) is 13.2. The molecule has 0 saturated heterocycles. The molecule has 5 nitrogen and oxygen atoms in total. The average Bonchev–Trinajstić information content (AvgIpc) is 2.86. The van der Waals surface area contributed by atoms with Crippen LogP contribution in [0.3, 0.4) is 0 Å². The van der Waals surface area contributed by atoms with Crippen LogP contribution < -0.4 is 10.1 Å². The predicted molar refractivity (Wildman–Crippen MR) is 155 cm³/mol. The molecule has 0 fully saturated rings. The van der Waals surface area contributed by atoms with Crippen LogP contribution in [0, 0.1) is 0 Å². The molecule has 0 heterocycles. The molecule has 3 rings (SSSR count). The first-order valence-electron chi connectivity index (χ1n) is 12.7. The van der Waals surface area contributed by atoms with Crippen molar-refractivity contribution in [2.45, 2.75) is 65.1 Å². The summed E-state index contributed by atoms with van der Waals surface area (Å²) in [6.45, 7) is 10.2. The molecule has 1 N–H and O–H groups in total. The lowest BCUT2D eigenvalue weighted by Crippen LogP contribution is -2.52. The van der Waals surface area contributed by atoms with E-state index in [1.54, 1.807) is 23.1 Å². The van der Waals surface area contributed by atoms with Gasteiger partial charge in [-0.25, -0.2) is 0 Å². The molecule has 0 aliphatic rings. The Bertz CT molecular complexity index is 1220. The molecule has 0 saturated carbocycles. The van der Waals surface area contributed by atoms with Crippen LogP contribution in [0.15, 0.2) is 72.8 Å². The van der Waals surface area contributed by atoms with E-state index in [0.717, 1.165) is 11.1 Å². The van der Waals surface area contributed by atoms with Crippen LogP contribution in [0.4, 0.5) is 0 Å². The minimum Gasteiger partial charge on any atom is -0.484 e. The van der Waals surface area contributed by atoms with E-state index in [2.05, 4.69) is 26.1 Å². The van der Waals surface area contributed by atoms with Gasteiger partial charge < -0.3 is 15.0 Å². The van der Waals surface area contributed by atoms with E-state index in [9.17, 15) is 9.59 Å². The van der Waals surface area contributed by atoms with E-state index in [-0.39, 0.29) is 36.4 Å². The number of hydrogen-bond acceptors (Lipinski definition) is 3. The first kappa shape index (κ1) is 29.5. The Balaban J connectivity index is 1.90. The minimum atomic E-state index is -0.756. The van der Waals surface area contributed by atoms with Crippen molar-refractivity contribution < 1.29 is 14.3 Å².